The molecule has 0 unspecified atom stereocenters. The second kappa shape index (κ2) is 6.71. The van der Waals surface area contributed by atoms with Gasteiger partial charge in [-0.3, -0.25) is 4.79 Å². The third-order valence-electron chi connectivity index (χ3n) is 4.46. The molecule has 2 aromatic heterocycles. The van der Waals surface area contributed by atoms with Crippen LogP contribution in [0.3, 0.4) is 0 Å². The number of hydrogen-bond donors (Lipinski definition) is 1. The van der Waals surface area contributed by atoms with Crippen LogP contribution in [-0.2, 0) is 19.5 Å². The van der Waals surface area contributed by atoms with Crippen LogP contribution < -0.4 is 5.73 Å². The average molecular weight is 370 g/mol. The Labute approximate surface area is 154 Å². The lowest BCUT2D eigenvalue weighted by Crippen LogP contribution is -2.35. The van der Waals surface area contributed by atoms with Crippen LogP contribution in [0, 0.1) is 6.92 Å². The summed E-state index contributed by atoms with van der Waals surface area (Å²) < 4.78 is 0. The SMILES string of the molecule is Cc1nc(-c2cc3c(s2)CCN(C(=O)c2ccc(CN)cc2)C3)cs1. The molecule has 1 amide bonds. The van der Waals surface area contributed by atoms with Gasteiger partial charge in [0.15, 0.2) is 0 Å². The van der Waals surface area contributed by atoms with Gasteiger partial charge in [-0.05, 0) is 42.7 Å². The minimum atomic E-state index is 0.0893. The number of carbonyl (C=O) groups excluding carboxylic acids is 1. The largest absolute Gasteiger partial charge is 0.334 e. The van der Waals surface area contributed by atoms with Gasteiger partial charge in [0.25, 0.3) is 5.91 Å². The molecule has 2 N–H and O–H groups in total. The number of hydrogen-bond acceptors (Lipinski definition) is 5. The predicted molar refractivity (Wildman–Crippen MR) is 103 cm³/mol. The molecule has 1 aromatic carbocycles. The molecule has 0 atom stereocenters. The van der Waals surface area contributed by atoms with E-state index in [-0.39, 0.29) is 5.91 Å². The Morgan fingerprint density at radius 1 is 1.32 bits per heavy atom. The summed E-state index contributed by atoms with van der Waals surface area (Å²) in [7, 11) is 0. The average Bonchev–Trinajstić information content (AvgIpc) is 3.26. The number of benzene rings is 1. The topological polar surface area (TPSA) is 59.2 Å². The number of thiophene rings is 1. The second-order valence-electron chi connectivity index (χ2n) is 6.19. The van der Waals surface area contributed by atoms with Crippen LogP contribution in [0.4, 0.5) is 0 Å². The molecule has 128 valence electrons. The quantitative estimate of drug-likeness (QED) is 0.763. The Morgan fingerprint density at radius 3 is 2.80 bits per heavy atom. The van der Waals surface area contributed by atoms with Gasteiger partial charge in [-0.15, -0.1) is 22.7 Å². The van der Waals surface area contributed by atoms with Gasteiger partial charge >= 0.3 is 0 Å². The third-order valence-corrected chi connectivity index (χ3v) is 6.50. The zero-order valence-electron chi connectivity index (χ0n) is 14.0. The van der Waals surface area contributed by atoms with Crippen molar-refractivity contribution in [1.29, 1.82) is 0 Å². The van der Waals surface area contributed by atoms with E-state index < -0.39 is 0 Å². The van der Waals surface area contributed by atoms with Gasteiger partial charge < -0.3 is 10.6 Å². The summed E-state index contributed by atoms with van der Waals surface area (Å²) in [4.78, 5) is 21.9. The molecule has 3 heterocycles. The fraction of sp³-hybridized carbons (Fsp3) is 0.263. The summed E-state index contributed by atoms with van der Waals surface area (Å²) in [6, 6.07) is 9.80. The van der Waals surface area contributed by atoms with E-state index in [1.165, 1.54) is 15.3 Å². The molecule has 0 saturated heterocycles. The first kappa shape index (κ1) is 16.4. The van der Waals surface area contributed by atoms with Crippen LogP contribution in [0.2, 0.25) is 0 Å². The second-order valence-corrected chi connectivity index (χ2v) is 8.39. The first-order valence-corrected chi connectivity index (χ1v) is 9.96. The lowest BCUT2D eigenvalue weighted by molar-refractivity contribution is 0.0736. The highest BCUT2D eigenvalue weighted by Crippen LogP contribution is 2.35. The van der Waals surface area contributed by atoms with E-state index in [1.807, 2.05) is 47.4 Å². The Balaban J connectivity index is 1.54. The molecule has 0 spiro atoms. The van der Waals surface area contributed by atoms with E-state index in [9.17, 15) is 4.79 Å². The number of nitrogens with two attached hydrogens (primary N) is 1. The molecule has 25 heavy (non-hydrogen) atoms. The number of nitrogens with zero attached hydrogens (tertiary/aromatic N) is 2. The smallest absolute Gasteiger partial charge is 0.254 e. The molecule has 0 saturated carbocycles. The zero-order chi connectivity index (χ0) is 17.4. The summed E-state index contributed by atoms with van der Waals surface area (Å²) in [5.41, 5.74) is 9.70. The minimum absolute atomic E-state index is 0.0893. The lowest BCUT2D eigenvalue weighted by atomic mass is 10.1. The molecule has 0 radical (unpaired) electrons. The molecule has 4 nitrogen and oxygen atoms in total. The van der Waals surface area contributed by atoms with Crippen molar-refractivity contribution in [1.82, 2.24) is 9.88 Å². The predicted octanol–water partition coefficient (Wildman–Crippen LogP) is 3.84. The number of amides is 1. The monoisotopic (exact) mass is 369 g/mol. The standard InChI is InChI=1S/C19H19N3OS2/c1-12-21-16(11-24-12)18-8-15-10-22(7-6-17(15)25-18)19(23)14-4-2-13(9-20)3-5-14/h2-5,8,11H,6-7,9-10,20H2,1H3. The maximum absolute atomic E-state index is 12.8. The van der Waals surface area contributed by atoms with Gasteiger partial charge in [-0.1, -0.05) is 12.1 Å². The van der Waals surface area contributed by atoms with Gasteiger partial charge in [-0.2, -0.15) is 0 Å². The van der Waals surface area contributed by atoms with E-state index in [4.69, 9.17) is 5.73 Å². The van der Waals surface area contributed by atoms with E-state index >= 15 is 0 Å². The van der Waals surface area contributed by atoms with E-state index in [0.717, 1.165) is 34.8 Å². The maximum atomic E-state index is 12.8. The van der Waals surface area contributed by atoms with Crippen molar-refractivity contribution in [2.75, 3.05) is 6.54 Å². The van der Waals surface area contributed by atoms with E-state index in [2.05, 4.69) is 16.4 Å². The van der Waals surface area contributed by atoms with Crippen molar-refractivity contribution in [3.63, 3.8) is 0 Å². The van der Waals surface area contributed by atoms with Crippen molar-refractivity contribution in [2.24, 2.45) is 5.73 Å². The highest BCUT2D eigenvalue weighted by atomic mass is 32.1. The normalized spacial score (nSPS) is 13.8. The number of aromatic nitrogens is 1. The number of fused-ring (bicyclic) bond motifs is 1. The minimum Gasteiger partial charge on any atom is -0.334 e. The number of rotatable bonds is 3. The summed E-state index contributed by atoms with van der Waals surface area (Å²) in [6.07, 6.45) is 0.912. The summed E-state index contributed by atoms with van der Waals surface area (Å²) in [6.45, 7) is 3.96. The molecule has 0 bridgehead atoms. The Bertz CT molecular complexity index is 911. The van der Waals surface area contributed by atoms with E-state index in [0.29, 0.717) is 13.1 Å². The summed E-state index contributed by atoms with van der Waals surface area (Å²) >= 11 is 3.48. The lowest BCUT2D eigenvalue weighted by Gasteiger charge is -2.27. The highest BCUT2D eigenvalue weighted by molar-refractivity contribution is 7.16. The number of carbonyl (C=O) groups is 1. The summed E-state index contributed by atoms with van der Waals surface area (Å²) in [5, 5.41) is 3.19. The summed E-state index contributed by atoms with van der Waals surface area (Å²) in [5.74, 6) is 0.0893. The van der Waals surface area contributed by atoms with Crippen LogP contribution in [0.25, 0.3) is 10.6 Å². The van der Waals surface area contributed by atoms with Crippen LogP contribution >= 0.6 is 22.7 Å². The first-order chi connectivity index (χ1) is 12.1. The van der Waals surface area contributed by atoms with Gasteiger partial charge in [-0.25, -0.2) is 4.98 Å². The molecular weight excluding hydrogens is 350 g/mol. The van der Waals surface area contributed by atoms with E-state index in [1.54, 1.807) is 11.3 Å². The van der Waals surface area contributed by atoms with Gasteiger partial charge in [0.2, 0.25) is 0 Å². The third kappa shape index (κ3) is 3.25. The van der Waals surface area contributed by atoms with Crippen LogP contribution in [0.1, 0.15) is 31.4 Å². The number of thiazole rings is 1. The molecule has 0 fully saturated rings. The Kier molecular flexibility index (Phi) is 4.41. The molecule has 6 heteroatoms. The highest BCUT2D eigenvalue weighted by Gasteiger charge is 2.24. The molecule has 1 aliphatic heterocycles. The van der Waals surface area contributed by atoms with Gasteiger partial charge in [0.1, 0.15) is 0 Å². The molecule has 4 rings (SSSR count). The van der Waals surface area contributed by atoms with Gasteiger partial charge in [0.05, 0.1) is 15.6 Å². The molecule has 3 aromatic rings. The Hall–Kier alpha value is -2.02. The number of aryl methyl sites for hydroxylation is 1. The molecule has 0 aliphatic carbocycles. The fourth-order valence-electron chi connectivity index (χ4n) is 3.08. The molecule has 1 aliphatic rings. The maximum Gasteiger partial charge on any atom is 0.254 e. The van der Waals surface area contributed by atoms with Crippen LogP contribution in [-0.4, -0.2) is 22.3 Å². The van der Waals surface area contributed by atoms with Crippen molar-refractivity contribution >= 4 is 28.6 Å². The van der Waals surface area contributed by atoms with Crippen LogP contribution in [0.5, 0.6) is 0 Å². The van der Waals surface area contributed by atoms with Crippen molar-refractivity contribution in [3.05, 3.63) is 62.3 Å². The van der Waals surface area contributed by atoms with Crippen molar-refractivity contribution in [2.45, 2.75) is 26.4 Å². The zero-order valence-corrected chi connectivity index (χ0v) is 15.6. The van der Waals surface area contributed by atoms with Crippen LogP contribution in [0.15, 0.2) is 35.7 Å². The first-order valence-electron chi connectivity index (χ1n) is 8.26. The Morgan fingerprint density at radius 2 is 2.12 bits per heavy atom. The van der Waals surface area contributed by atoms with Gasteiger partial charge in [0, 0.05) is 35.5 Å². The van der Waals surface area contributed by atoms with Crippen molar-refractivity contribution < 1.29 is 4.79 Å². The fourth-order valence-corrected chi connectivity index (χ4v) is 4.89. The molecular formula is C19H19N3OS2. The van der Waals surface area contributed by atoms with Crippen molar-refractivity contribution in [3.8, 4) is 10.6 Å².